The highest BCUT2D eigenvalue weighted by molar-refractivity contribution is 7.13. The fourth-order valence-electron chi connectivity index (χ4n) is 3.95. The number of amides is 1. The predicted molar refractivity (Wildman–Crippen MR) is 119 cm³/mol. The van der Waals surface area contributed by atoms with Crippen molar-refractivity contribution in [2.45, 2.75) is 0 Å². The molecular weight excluding hydrogens is 380 g/mol. The van der Waals surface area contributed by atoms with E-state index in [1.54, 1.807) is 0 Å². The number of thiazole rings is 1. The molecule has 4 aromatic rings. The first kappa shape index (κ1) is 17.9. The SMILES string of the molecule is Cn1c(-c2nc(C(=O)N3CCN(c4ccccc4)CC3)cs2)cc2ccccc21. The summed E-state index contributed by atoms with van der Waals surface area (Å²) in [5, 5.41) is 3.96. The monoisotopic (exact) mass is 402 g/mol. The van der Waals surface area contributed by atoms with Gasteiger partial charge in [0.15, 0.2) is 0 Å². The maximum Gasteiger partial charge on any atom is 0.273 e. The molecule has 1 saturated heterocycles. The molecule has 2 aromatic carbocycles. The number of aryl methyl sites for hydroxylation is 1. The Morgan fingerprint density at radius 1 is 0.966 bits per heavy atom. The van der Waals surface area contributed by atoms with Gasteiger partial charge in [0.05, 0.1) is 5.69 Å². The van der Waals surface area contributed by atoms with Gasteiger partial charge in [0.1, 0.15) is 10.7 Å². The molecule has 0 N–H and O–H groups in total. The number of carbonyl (C=O) groups excluding carboxylic acids is 1. The summed E-state index contributed by atoms with van der Waals surface area (Å²) in [5.74, 6) is 0.0268. The number of piperazine rings is 1. The number of nitrogens with zero attached hydrogens (tertiary/aromatic N) is 4. The molecule has 0 saturated carbocycles. The molecule has 0 radical (unpaired) electrons. The minimum atomic E-state index is 0.0268. The van der Waals surface area contributed by atoms with Crippen molar-refractivity contribution in [1.82, 2.24) is 14.5 Å². The van der Waals surface area contributed by atoms with Crippen molar-refractivity contribution in [2.75, 3.05) is 31.1 Å². The quantitative estimate of drug-likeness (QED) is 0.514. The minimum Gasteiger partial charge on any atom is -0.368 e. The summed E-state index contributed by atoms with van der Waals surface area (Å²) >= 11 is 1.53. The molecule has 5 rings (SSSR count). The van der Waals surface area contributed by atoms with Crippen molar-refractivity contribution in [3.63, 3.8) is 0 Å². The highest BCUT2D eigenvalue weighted by atomic mass is 32.1. The lowest BCUT2D eigenvalue weighted by atomic mass is 10.2. The lowest BCUT2D eigenvalue weighted by Gasteiger charge is -2.35. The van der Waals surface area contributed by atoms with Gasteiger partial charge in [-0.1, -0.05) is 36.4 Å². The molecule has 29 heavy (non-hydrogen) atoms. The molecule has 6 heteroatoms. The second-order valence-electron chi connectivity index (χ2n) is 7.30. The van der Waals surface area contributed by atoms with Gasteiger partial charge in [-0.05, 0) is 24.3 Å². The Hall–Kier alpha value is -3.12. The van der Waals surface area contributed by atoms with Gasteiger partial charge in [0, 0.05) is 55.2 Å². The zero-order chi connectivity index (χ0) is 19.8. The van der Waals surface area contributed by atoms with E-state index in [9.17, 15) is 4.79 Å². The van der Waals surface area contributed by atoms with E-state index in [0.717, 1.165) is 23.8 Å². The van der Waals surface area contributed by atoms with Crippen molar-refractivity contribution >= 4 is 33.8 Å². The van der Waals surface area contributed by atoms with E-state index in [1.165, 1.54) is 27.9 Å². The molecule has 146 valence electrons. The molecule has 3 heterocycles. The Balaban J connectivity index is 1.32. The molecule has 1 amide bonds. The number of benzene rings is 2. The molecular formula is C23H22N4OS. The fraction of sp³-hybridized carbons (Fsp3) is 0.217. The minimum absolute atomic E-state index is 0.0268. The van der Waals surface area contributed by atoms with Gasteiger partial charge < -0.3 is 14.4 Å². The highest BCUT2D eigenvalue weighted by Gasteiger charge is 2.24. The molecule has 1 fully saturated rings. The van der Waals surface area contributed by atoms with Gasteiger partial charge in [0.2, 0.25) is 0 Å². The van der Waals surface area contributed by atoms with Crippen LogP contribution in [0.2, 0.25) is 0 Å². The van der Waals surface area contributed by atoms with E-state index in [2.05, 4.69) is 56.9 Å². The number of aromatic nitrogens is 2. The largest absolute Gasteiger partial charge is 0.368 e. The van der Waals surface area contributed by atoms with Crippen LogP contribution in [0.5, 0.6) is 0 Å². The molecule has 0 spiro atoms. The molecule has 0 unspecified atom stereocenters. The summed E-state index contributed by atoms with van der Waals surface area (Å²) in [6.45, 7) is 3.12. The molecule has 5 nitrogen and oxygen atoms in total. The normalized spacial score (nSPS) is 14.5. The second kappa shape index (κ2) is 7.37. The number of anilines is 1. The fourth-order valence-corrected chi connectivity index (χ4v) is 4.80. The summed E-state index contributed by atoms with van der Waals surface area (Å²) in [4.78, 5) is 21.9. The van der Waals surface area contributed by atoms with E-state index in [4.69, 9.17) is 0 Å². The zero-order valence-electron chi connectivity index (χ0n) is 16.3. The van der Waals surface area contributed by atoms with Crippen LogP contribution in [0.15, 0.2) is 66.0 Å². The standard InChI is InChI=1S/C23H22N4OS/c1-25-20-10-6-5-7-17(20)15-21(25)22-24-19(16-29-22)23(28)27-13-11-26(12-14-27)18-8-3-2-4-9-18/h2-10,15-16H,11-14H2,1H3. The second-order valence-corrected chi connectivity index (χ2v) is 8.16. The van der Waals surface area contributed by atoms with Crippen molar-refractivity contribution < 1.29 is 4.79 Å². The van der Waals surface area contributed by atoms with Crippen molar-refractivity contribution in [1.29, 1.82) is 0 Å². The summed E-state index contributed by atoms with van der Waals surface area (Å²) in [5.41, 5.74) is 3.97. The van der Waals surface area contributed by atoms with Crippen LogP contribution in [-0.2, 0) is 7.05 Å². The maximum atomic E-state index is 13.0. The van der Waals surface area contributed by atoms with Gasteiger partial charge in [-0.2, -0.15) is 0 Å². The predicted octanol–water partition coefficient (Wildman–Crippen LogP) is 4.26. The van der Waals surface area contributed by atoms with Crippen LogP contribution in [0.3, 0.4) is 0 Å². The molecule has 2 aromatic heterocycles. The number of rotatable bonds is 3. The number of fused-ring (bicyclic) bond motifs is 1. The first-order chi connectivity index (χ1) is 14.2. The van der Waals surface area contributed by atoms with E-state index in [0.29, 0.717) is 18.8 Å². The average molecular weight is 403 g/mol. The van der Waals surface area contributed by atoms with Gasteiger partial charge in [-0.15, -0.1) is 11.3 Å². The Bertz CT molecular complexity index is 1160. The number of para-hydroxylation sites is 2. The van der Waals surface area contributed by atoms with Crippen molar-refractivity contribution in [3.8, 4) is 10.7 Å². The van der Waals surface area contributed by atoms with Gasteiger partial charge in [-0.3, -0.25) is 4.79 Å². The van der Waals surface area contributed by atoms with Crippen molar-refractivity contribution in [2.24, 2.45) is 7.05 Å². The van der Waals surface area contributed by atoms with E-state index in [-0.39, 0.29) is 5.91 Å². The lowest BCUT2D eigenvalue weighted by molar-refractivity contribution is 0.0742. The van der Waals surface area contributed by atoms with E-state index >= 15 is 0 Å². The van der Waals surface area contributed by atoms with E-state index in [1.807, 2.05) is 35.5 Å². The molecule has 0 aliphatic carbocycles. The summed E-state index contributed by atoms with van der Waals surface area (Å²) < 4.78 is 2.14. The van der Waals surface area contributed by atoms with Crippen LogP contribution in [0.25, 0.3) is 21.6 Å². The van der Waals surface area contributed by atoms with Crippen LogP contribution in [0.4, 0.5) is 5.69 Å². The zero-order valence-corrected chi connectivity index (χ0v) is 17.1. The number of hydrogen-bond acceptors (Lipinski definition) is 4. The molecule has 1 aliphatic rings. The van der Waals surface area contributed by atoms with Gasteiger partial charge in [0.25, 0.3) is 5.91 Å². The topological polar surface area (TPSA) is 41.4 Å². The molecule has 0 bridgehead atoms. The average Bonchev–Trinajstić information content (AvgIpc) is 3.39. The van der Waals surface area contributed by atoms with Gasteiger partial charge in [-0.25, -0.2) is 4.98 Å². The Kier molecular flexibility index (Phi) is 4.56. The number of hydrogen-bond donors (Lipinski definition) is 0. The van der Waals surface area contributed by atoms with Crippen LogP contribution in [0, 0.1) is 0 Å². The first-order valence-corrected chi connectivity index (χ1v) is 10.7. The molecule has 0 atom stereocenters. The van der Waals surface area contributed by atoms with E-state index < -0.39 is 0 Å². The third-order valence-electron chi connectivity index (χ3n) is 5.58. The van der Waals surface area contributed by atoms with Crippen molar-refractivity contribution in [3.05, 3.63) is 71.7 Å². The van der Waals surface area contributed by atoms with Crippen LogP contribution < -0.4 is 4.90 Å². The third-order valence-corrected chi connectivity index (χ3v) is 6.45. The van der Waals surface area contributed by atoms with Crippen LogP contribution >= 0.6 is 11.3 Å². The molecule has 1 aliphatic heterocycles. The summed E-state index contributed by atoms with van der Waals surface area (Å²) in [7, 11) is 2.05. The van der Waals surface area contributed by atoms with Crippen LogP contribution in [-0.4, -0.2) is 46.5 Å². The Morgan fingerprint density at radius 2 is 1.69 bits per heavy atom. The first-order valence-electron chi connectivity index (χ1n) is 9.80. The summed E-state index contributed by atoms with van der Waals surface area (Å²) in [6.07, 6.45) is 0. The smallest absolute Gasteiger partial charge is 0.273 e. The Morgan fingerprint density at radius 3 is 2.45 bits per heavy atom. The van der Waals surface area contributed by atoms with Crippen LogP contribution in [0.1, 0.15) is 10.5 Å². The maximum absolute atomic E-state index is 13.0. The highest BCUT2D eigenvalue weighted by Crippen LogP contribution is 2.30. The Labute approximate surface area is 173 Å². The van der Waals surface area contributed by atoms with Gasteiger partial charge >= 0.3 is 0 Å². The lowest BCUT2D eigenvalue weighted by Crippen LogP contribution is -2.48. The number of carbonyl (C=O) groups is 1. The third kappa shape index (κ3) is 3.29. The summed E-state index contributed by atoms with van der Waals surface area (Å²) in [6, 6.07) is 20.8.